The van der Waals surface area contributed by atoms with Crippen LogP contribution in [0.3, 0.4) is 0 Å². The molecule has 1 amide bonds. The number of fused-ring (bicyclic) bond motifs is 1. The number of hydrogen-bond acceptors (Lipinski definition) is 4. The minimum absolute atomic E-state index is 0.0323. The summed E-state index contributed by atoms with van der Waals surface area (Å²) in [6, 6.07) is 4.48. The third-order valence-electron chi connectivity index (χ3n) is 5.23. The van der Waals surface area contributed by atoms with Crippen molar-refractivity contribution in [2.45, 2.75) is 44.2 Å². The topological polar surface area (TPSA) is 77.6 Å². The van der Waals surface area contributed by atoms with E-state index in [4.69, 9.17) is 0 Å². The van der Waals surface area contributed by atoms with E-state index < -0.39 is 36.4 Å². The lowest BCUT2D eigenvalue weighted by atomic mass is 10.0. The van der Waals surface area contributed by atoms with E-state index in [2.05, 4.69) is 20.5 Å². The van der Waals surface area contributed by atoms with Crippen LogP contribution in [0, 0.1) is 0 Å². The van der Waals surface area contributed by atoms with Gasteiger partial charge in [-0.05, 0) is 37.1 Å². The number of halogens is 6. The van der Waals surface area contributed by atoms with Gasteiger partial charge in [-0.1, -0.05) is 0 Å². The zero-order valence-corrected chi connectivity index (χ0v) is 17.2. The van der Waals surface area contributed by atoms with Crippen molar-refractivity contribution in [3.8, 4) is 11.3 Å². The van der Waals surface area contributed by atoms with Crippen LogP contribution < -0.4 is 5.32 Å². The van der Waals surface area contributed by atoms with Crippen molar-refractivity contribution < 1.29 is 31.1 Å². The summed E-state index contributed by atoms with van der Waals surface area (Å²) in [6.07, 6.45) is -8.06. The molecule has 3 aromatic rings. The molecule has 0 saturated carbocycles. The predicted octanol–water partition coefficient (Wildman–Crippen LogP) is 4.07. The van der Waals surface area contributed by atoms with Gasteiger partial charge in [0.05, 0.1) is 29.5 Å². The minimum Gasteiger partial charge on any atom is -0.342 e. The summed E-state index contributed by atoms with van der Waals surface area (Å²) in [5.74, 6) is -0.608. The van der Waals surface area contributed by atoms with Crippen molar-refractivity contribution in [3.63, 3.8) is 0 Å². The maximum absolute atomic E-state index is 13.0. The Morgan fingerprint density at radius 3 is 2.61 bits per heavy atom. The quantitative estimate of drug-likeness (QED) is 0.581. The Labute approximate surface area is 183 Å². The second kappa shape index (κ2) is 8.19. The average molecular weight is 472 g/mol. The van der Waals surface area contributed by atoms with Crippen molar-refractivity contribution in [1.29, 1.82) is 0 Å². The normalized spacial score (nSPS) is 16.5. The molecule has 0 fully saturated rings. The molecule has 4 heterocycles. The Balaban J connectivity index is 1.56. The SMILES string of the molecule is Cn1nc(CC(F)(F)F)cc1C(=O)NC1CCCn2nc(-c3ccnc(C(F)(F)F)c3)cc21. The van der Waals surface area contributed by atoms with Gasteiger partial charge in [-0.2, -0.15) is 36.5 Å². The number of alkyl halides is 6. The molecule has 0 bridgehead atoms. The maximum Gasteiger partial charge on any atom is 0.433 e. The highest BCUT2D eigenvalue weighted by Gasteiger charge is 2.33. The number of amides is 1. The first-order valence-corrected chi connectivity index (χ1v) is 9.92. The molecule has 0 aliphatic carbocycles. The Morgan fingerprint density at radius 1 is 1.15 bits per heavy atom. The third-order valence-corrected chi connectivity index (χ3v) is 5.23. The summed E-state index contributed by atoms with van der Waals surface area (Å²) in [5, 5.41) is 10.9. The highest BCUT2D eigenvalue weighted by Crippen LogP contribution is 2.33. The monoisotopic (exact) mass is 472 g/mol. The van der Waals surface area contributed by atoms with Crippen LogP contribution >= 0.6 is 0 Å². The molecular weight excluding hydrogens is 454 g/mol. The largest absolute Gasteiger partial charge is 0.433 e. The van der Waals surface area contributed by atoms with E-state index in [0.29, 0.717) is 30.8 Å². The van der Waals surface area contributed by atoms with Crippen LogP contribution in [0.4, 0.5) is 26.3 Å². The van der Waals surface area contributed by atoms with Crippen LogP contribution in [0.25, 0.3) is 11.3 Å². The molecule has 4 rings (SSSR count). The number of aryl methyl sites for hydroxylation is 2. The second-order valence-electron chi connectivity index (χ2n) is 7.71. The van der Waals surface area contributed by atoms with Gasteiger partial charge in [-0.15, -0.1) is 0 Å². The molecule has 0 aromatic carbocycles. The third kappa shape index (κ3) is 5.01. The fourth-order valence-corrected chi connectivity index (χ4v) is 3.78. The van der Waals surface area contributed by atoms with Gasteiger partial charge in [0.15, 0.2) is 0 Å². The first-order chi connectivity index (χ1) is 15.4. The average Bonchev–Trinajstić information content (AvgIpc) is 3.30. The van der Waals surface area contributed by atoms with E-state index in [9.17, 15) is 31.1 Å². The number of aromatic nitrogens is 5. The molecule has 3 aromatic heterocycles. The number of hydrogen-bond donors (Lipinski definition) is 1. The number of carbonyl (C=O) groups excluding carboxylic acids is 1. The van der Waals surface area contributed by atoms with Gasteiger partial charge in [0.1, 0.15) is 11.4 Å². The Morgan fingerprint density at radius 2 is 1.91 bits per heavy atom. The van der Waals surface area contributed by atoms with E-state index in [1.165, 1.54) is 13.1 Å². The van der Waals surface area contributed by atoms with Gasteiger partial charge in [0.25, 0.3) is 5.91 Å². The van der Waals surface area contributed by atoms with Crippen molar-refractivity contribution in [2.75, 3.05) is 0 Å². The van der Waals surface area contributed by atoms with E-state index in [1.807, 2.05) is 0 Å². The summed E-state index contributed by atoms with van der Waals surface area (Å²) in [7, 11) is 1.37. The Hall–Kier alpha value is -3.38. The second-order valence-corrected chi connectivity index (χ2v) is 7.71. The van der Waals surface area contributed by atoms with Crippen LogP contribution in [0.2, 0.25) is 0 Å². The first-order valence-electron chi connectivity index (χ1n) is 9.92. The summed E-state index contributed by atoms with van der Waals surface area (Å²) in [4.78, 5) is 16.1. The van der Waals surface area contributed by atoms with Crippen molar-refractivity contribution in [1.82, 2.24) is 29.9 Å². The lowest BCUT2D eigenvalue weighted by molar-refractivity contribution is -0.141. The molecule has 1 unspecified atom stereocenters. The molecule has 13 heteroatoms. The minimum atomic E-state index is -4.60. The smallest absolute Gasteiger partial charge is 0.342 e. The molecular formula is C20H18F6N6O. The standard InChI is InChI=1S/C20H18F6N6O/c1-31-16(8-12(29-31)10-19(21,22)23)18(33)28-13-3-2-6-32-15(13)9-14(30-32)11-4-5-27-17(7-11)20(24,25)26/h4-5,7-9,13H,2-3,6,10H2,1H3,(H,28,33). The summed E-state index contributed by atoms with van der Waals surface area (Å²) in [6.45, 7) is 0.514. The molecule has 1 atom stereocenters. The van der Waals surface area contributed by atoms with Crippen molar-refractivity contribution in [3.05, 3.63) is 53.2 Å². The van der Waals surface area contributed by atoms with Gasteiger partial charge >= 0.3 is 12.4 Å². The molecule has 0 spiro atoms. The molecule has 33 heavy (non-hydrogen) atoms. The highest BCUT2D eigenvalue weighted by molar-refractivity contribution is 5.93. The van der Waals surface area contributed by atoms with E-state index in [0.717, 1.165) is 23.0 Å². The molecule has 7 nitrogen and oxygen atoms in total. The summed E-state index contributed by atoms with van der Waals surface area (Å²) in [5.41, 5.74) is -0.228. The van der Waals surface area contributed by atoms with Crippen LogP contribution in [0.1, 0.15) is 46.5 Å². The fourth-order valence-electron chi connectivity index (χ4n) is 3.78. The van der Waals surface area contributed by atoms with Gasteiger partial charge in [0.2, 0.25) is 0 Å². The molecule has 1 aliphatic rings. The number of rotatable bonds is 4. The predicted molar refractivity (Wildman–Crippen MR) is 103 cm³/mol. The Bertz CT molecular complexity index is 1180. The number of nitrogens with zero attached hydrogens (tertiary/aromatic N) is 5. The molecule has 0 saturated heterocycles. The van der Waals surface area contributed by atoms with E-state index in [1.54, 1.807) is 10.7 Å². The molecule has 0 radical (unpaired) electrons. The number of carbonyl (C=O) groups is 1. The van der Waals surface area contributed by atoms with Gasteiger partial charge in [-0.3, -0.25) is 19.1 Å². The highest BCUT2D eigenvalue weighted by atomic mass is 19.4. The van der Waals surface area contributed by atoms with Crippen molar-refractivity contribution in [2.24, 2.45) is 7.05 Å². The fraction of sp³-hybridized carbons (Fsp3) is 0.400. The van der Waals surface area contributed by atoms with E-state index >= 15 is 0 Å². The van der Waals surface area contributed by atoms with Gasteiger partial charge < -0.3 is 5.32 Å². The lowest BCUT2D eigenvalue weighted by Gasteiger charge is -2.24. The Kier molecular flexibility index (Phi) is 5.66. The summed E-state index contributed by atoms with van der Waals surface area (Å²) < 4.78 is 79.6. The van der Waals surface area contributed by atoms with E-state index in [-0.39, 0.29) is 17.0 Å². The number of nitrogens with one attached hydrogen (secondary N) is 1. The number of pyridine rings is 1. The van der Waals surface area contributed by atoms with Crippen LogP contribution in [0.15, 0.2) is 30.5 Å². The zero-order valence-electron chi connectivity index (χ0n) is 17.2. The van der Waals surface area contributed by atoms with Gasteiger partial charge in [-0.25, -0.2) is 0 Å². The molecule has 1 aliphatic heterocycles. The van der Waals surface area contributed by atoms with Crippen LogP contribution in [0.5, 0.6) is 0 Å². The van der Waals surface area contributed by atoms with Crippen molar-refractivity contribution >= 4 is 5.91 Å². The maximum atomic E-state index is 13.0. The lowest BCUT2D eigenvalue weighted by Crippen LogP contribution is -2.33. The molecule has 176 valence electrons. The first kappa shape index (κ1) is 22.8. The zero-order chi connectivity index (χ0) is 24.0. The molecule has 1 N–H and O–H groups in total. The van der Waals surface area contributed by atoms with Crippen LogP contribution in [-0.2, 0) is 26.2 Å². The van der Waals surface area contributed by atoms with Gasteiger partial charge in [0, 0.05) is 25.4 Å². The summed E-state index contributed by atoms with van der Waals surface area (Å²) >= 11 is 0. The van der Waals surface area contributed by atoms with Crippen LogP contribution in [-0.4, -0.2) is 36.6 Å².